The molecule has 2 N–H and O–H groups in total. The average molecular weight is 316 g/mol. The van der Waals surface area contributed by atoms with Crippen LogP contribution in [0.2, 0.25) is 0 Å². The summed E-state index contributed by atoms with van der Waals surface area (Å²) < 4.78 is 37.1. The molecule has 1 fully saturated rings. The van der Waals surface area contributed by atoms with Gasteiger partial charge in [0.2, 0.25) is 0 Å². The van der Waals surface area contributed by atoms with E-state index in [1.54, 1.807) is 11.0 Å². The number of amides is 2. The molecule has 0 spiro atoms. The number of piperidine rings is 1. The van der Waals surface area contributed by atoms with Crippen molar-refractivity contribution in [2.24, 2.45) is 5.92 Å². The van der Waals surface area contributed by atoms with Gasteiger partial charge in [-0.1, -0.05) is 12.1 Å². The van der Waals surface area contributed by atoms with Crippen LogP contribution in [0.25, 0.3) is 0 Å². The van der Waals surface area contributed by atoms with Crippen LogP contribution in [0, 0.1) is 5.92 Å². The van der Waals surface area contributed by atoms with Crippen molar-refractivity contribution in [1.29, 1.82) is 0 Å². The number of likely N-dealkylation sites (tertiary alicyclic amines) is 1. The van der Waals surface area contributed by atoms with Gasteiger partial charge < -0.3 is 15.3 Å². The van der Waals surface area contributed by atoms with E-state index in [-0.39, 0.29) is 24.1 Å². The Hall–Kier alpha value is -1.76. The third-order valence-corrected chi connectivity index (χ3v) is 3.74. The number of nitrogens with one attached hydrogen (secondary N) is 1. The number of rotatable bonds is 3. The molecule has 0 saturated carbocycles. The Morgan fingerprint density at radius 3 is 2.59 bits per heavy atom. The third kappa shape index (κ3) is 4.91. The number of nitrogens with zero attached hydrogens (tertiary/aromatic N) is 1. The van der Waals surface area contributed by atoms with Crippen LogP contribution in [0.3, 0.4) is 0 Å². The fourth-order valence-corrected chi connectivity index (χ4v) is 2.51. The van der Waals surface area contributed by atoms with Crippen LogP contribution in [0.4, 0.5) is 23.7 Å². The van der Waals surface area contributed by atoms with E-state index in [0.29, 0.717) is 18.8 Å². The molecular weight excluding hydrogens is 297 g/mol. The second kappa shape index (κ2) is 7.00. The van der Waals surface area contributed by atoms with Crippen molar-refractivity contribution in [1.82, 2.24) is 4.90 Å². The Labute approximate surface area is 126 Å². The lowest BCUT2D eigenvalue weighted by Crippen LogP contribution is -2.41. The first kappa shape index (κ1) is 16.6. The lowest BCUT2D eigenvalue weighted by molar-refractivity contribution is -0.127. The Kier molecular flexibility index (Phi) is 5.28. The largest absolute Gasteiger partial charge is 0.396 e. The summed E-state index contributed by atoms with van der Waals surface area (Å²) in [6.07, 6.45) is -3.82. The Morgan fingerprint density at radius 1 is 1.32 bits per heavy atom. The maximum Gasteiger partial charge on any atom is 0.393 e. The highest BCUT2D eigenvalue weighted by atomic mass is 19.4. The molecule has 122 valence electrons. The van der Waals surface area contributed by atoms with Crippen LogP contribution >= 0.6 is 0 Å². The number of alkyl halides is 3. The molecule has 4 nitrogen and oxygen atoms in total. The van der Waals surface area contributed by atoms with Crippen molar-refractivity contribution >= 4 is 11.7 Å². The Morgan fingerprint density at radius 2 is 2.00 bits per heavy atom. The number of urea groups is 1. The molecule has 0 aliphatic carbocycles. The molecule has 22 heavy (non-hydrogen) atoms. The lowest BCUT2D eigenvalue weighted by Gasteiger charge is -2.31. The SMILES string of the molecule is O=C(Nc1cccc(CC(F)(F)F)c1)N1CCC(CO)CC1. The zero-order chi connectivity index (χ0) is 16.2. The van der Waals surface area contributed by atoms with E-state index in [1.165, 1.54) is 18.2 Å². The molecule has 1 aliphatic heterocycles. The number of aliphatic hydroxyl groups excluding tert-OH is 1. The minimum atomic E-state index is -4.27. The van der Waals surface area contributed by atoms with Crippen LogP contribution < -0.4 is 5.32 Å². The van der Waals surface area contributed by atoms with Crippen LogP contribution in [-0.4, -0.2) is 41.9 Å². The number of aliphatic hydroxyl groups is 1. The van der Waals surface area contributed by atoms with E-state index >= 15 is 0 Å². The molecule has 1 aromatic carbocycles. The minimum Gasteiger partial charge on any atom is -0.396 e. The number of hydrogen-bond donors (Lipinski definition) is 2. The zero-order valence-electron chi connectivity index (χ0n) is 12.1. The van der Waals surface area contributed by atoms with Crippen molar-refractivity contribution in [3.8, 4) is 0 Å². The monoisotopic (exact) mass is 316 g/mol. The van der Waals surface area contributed by atoms with Gasteiger partial charge in [-0.25, -0.2) is 4.79 Å². The van der Waals surface area contributed by atoms with E-state index in [1.807, 2.05) is 0 Å². The summed E-state index contributed by atoms with van der Waals surface area (Å²) in [7, 11) is 0. The van der Waals surface area contributed by atoms with Gasteiger partial charge >= 0.3 is 12.2 Å². The number of carbonyl (C=O) groups excluding carboxylic acids is 1. The summed E-state index contributed by atoms with van der Waals surface area (Å²) in [5.41, 5.74) is 0.473. The van der Waals surface area contributed by atoms with Gasteiger partial charge in [0.05, 0.1) is 6.42 Å². The predicted molar refractivity (Wildman–Crippen MR) is 76.6 cm³/mol. The summed E-state index contributed by atoms with van der Waals surface area (Å²) in [4.78, 5) is 13.7. The van der Waals surface area contributed by atoms with Crippen LogP contribution in [0.15, 0.2) is 24.3 Å². The van der Waals surface area contributed by atoms with Gasteiger partial charge in [0.25, 0.3) is 0 Å². The molecule has 0 bridgehead atoms. The Balaban J connectivity index is 1.93. The standard InChI is InChI=1S/C15H19F3N2O2/c16-15(17,18)9-12-2-1-3-13(8-12)19-14(22)20-6-4-11(10-21)5-7-20/h1-3,8,11,21H,4-7,9-10H2,(H,19,22). The number of anilines is 1. The van der Waals surface area contributed by atoms with E-state index in [9.17, 15) is 18.0 Å². The van der Waals surface area contributed by atoms with Crippen molar-refractivity contribution < 1.29 is 23.1 Å². The molecule has 1 saturated heterocycles. The normalized spacial score (nSPS) is 16.6. The molecule has 1 heterocycles. The summed E-state index contributed by atoms with van der Waals surface area (Å²) in [5.74, 6) is 0.221. The number of halogens is 3. The van der Waals surface area contributed by atoms with Crippen molar-refractivity contribution in [3.63, 3.8) is 0 Å². The minimum absolute atomic E-state index is 0.115. The van der Waals surface area contributed by atoms with Gasteiger partial charge in [-0.15, -0.1) is 0 Å². The van der Waals surface area contributed by atoms with Crippen LogP contribution in [0.1, 0.15) is 18.4 Å². The van der Waals surface area contributed by atoms with E-state index in [4.69, 9.17) is 5.11 Å². The zero-order valence-corrected chi connectivity index (χ0v) is 12.1. The molecule has 1 aromatic rings. The van der Waals surface area contributed by atoms with Gasteiger partial charge in [-0.2, -0.15) is 13.2 Å². The van der Waals surface area contributed by atoms with E-state index in [2.05, 4.69) is 5.32 Å². The molecule has 2 rings (SSSR count). The highest BCUT2D eigenvalue weighted by Gasteiger charge is 2.28. The van der Waals surface area contributed by atoms with Crippen LogP contribution in [0.5, 0.6) is 0 Å². The summed E-state index contributed by atoms with van der Waals surface area (Å²) in [5, 5.41) is 11.7. The second-order valence-electron chi connectivity index (χ2n) is 5.54. The summed E-state index contributed by atoms with van der Waals surface area (Å²) in [6, 6.07) is 5.47. The predicted octanol–water partition coefficient (Wildman–Crippen LogP) is 3.03. The van der Waals surface area contributed by atoms with Gasteiger partial charge in [0, 0.05) is 25.4 Å². The molecule has 7 heteroatoms. The highest BCUT2D eigenvalue weighted by molar-refractivity contribution is 5.89. The first-order chi connectivity index (χ1) is 10.4. The third-order valence-electron chi connectivity index (χ3n) is 3.74. The maximum atomic E-state index is 12.4. The van der Waals surface area contributed by atoms with Gasteiger partial charge in [-0.05, 0) is 36.5 Å². The molecule has 2 amide bonds. The average Bonchev–Trinajstić information content (AvgIpc) is 2.46. The second-order valence-corrected chi connectivity index (χ2v) is 5.54. The Bertz CT molecular complexity index is 512. The van der Waals surface area contributed by atoms with Gasteiger partial charge in [0.15, 0.2) is 0 Å². The first-order valence-electron chi connectivity index (χ1n) is 7.20. The van der Waals surface area contributed by atoms with Crippen molar-refractivity contribution in [2.45, 2.75) is 25.4 Å². The van der Waals surface area contributed by atoms with E-state index < -0.39 is 12.6 Å². The van der Waals surface area contributed by atoms with Crippen molar-refractivity contribution in [2.75, 3.05) is 25.0 Å². The molecule has 0 radical (unpaired) electrons. The number of benzene rings is 1. The summed E-state index contributed by atoms with van der Waals surface area (Å²) in [6.45, 7) is 1.20. The molecular formula is C15H19F3N2O2. The summed E-state index contributed by atoms with van der Waals surface area (Å²) >= 11 is 0. The topological polar surface area (TPSA) is 52.6 Å². The number of hydrogen-bond acceptors (Lipinski definition) is 2. The maximum absolute atomic E-state index is 12.4. The van der Waals surface area contributed by atoms with E-state index in [0.717, 1.165) is 12.8 Å². The lowest BCUT2D eigenvalue weighted by atomic mass is 9.98. The quantitative estimate of drug-likeness (QED) is 0.900. The van der Waals surface area contributed by atoms with Crippen LogP contribution in [-0.2, 0) is 6.42 Å². The smallest absolute Gasteiger partial charge is 0.393 e. The van der Waals surface area contributed by atoms with Gasteiger partial charge in [0.1, 0.15) is 0 Å². The highest BCUT2D eigenvalue weighted by Crippen LogP contribution is 2.23. The number of carbonyl (C=O) groups is 1. The molecule has 0 atom stereocenters. The fourth-order valence-electron chi connectivity index (χ4n) is 2.51. The molecule has 1 aliphatic rings. The fraction of sp³-hybridized carbons (Fsp3) is 0.533. The molecule has 0 aromatic heterocycles. The first-order valence-corrected chi connectivity index (χ1v) is 7.20. The molecule has 0 unspecified atom stereocenters. The van der Waals surface area contributed by atoms with Crippen molar-refractivity contribution in [3.05, 3.63) is 29.8 Å². The van der Waals surface area contributed by atoms with Gasteiger partial charge in [-0.3, -0.25) is 0 Å².